The molecule has 0 bridgehead atoms. The Hall–Kier alpha value is -1.07. The van der Waals surface area contributed by atoms with Crippen LogP contribution in [0.4, 0.5) is 0 Å². The van der Waals surface area contributed by atoms with Gasteiger partial charge in [0.2, 0.25) is 5.91 Å². The third-order valence-electron chi connectivity index (χ3n) is 3.74. The van der Waals surface area contributed by atoms with Crippen molar-refractivity contribution < 1.29 is 4.79 Å². The summed E-state index contributed by atoms with van der Waals surface area (Å²) in [7, 11) is 0. The highest BCUT2D eigenvalue weighted by Crippen LogP contribution is 2.18. The van der Waals surface area contributed by atoms with Gasteiger partial charge in [-0.2, -0.15) is 11.8 Å². The van der Waals surface area contributed by atoms with Crippen LogP contribution < -0.4 is 5.32 Å². The number of carbonyl (C=O) groups is 1. The van der Waals surface area contributed by atoms with Crippen molar-refractivity contribution in [3.05, 3.63) is 29.6 Å². The van der Waals surface area contributed by atoms with Crippen LogP contribution in [-0.4, -0.2) is 46.4 Å². The van der Waals surface area contributed by atoms with E-state index in [4.69, 9.17) is 0 Å². The Morgan fingerprint density at radius 2 is 2.53 bits per heavy atom. The Labute approximate surface area is 118 Å². The summed E-state index contributed by atoms with van der Waals surface area (Å²) in [6.45, 7) is 2.56. The lowest BCUT2D eigenvalue weighted by atomic mass is 10.0. The van der Waals surface area contributed by atoms with E-state index in [1.807, 2.05) is 28.9 Å². The summed E-state index contributed by atoms with van der Waals surface area (Å²) in [5.74, 6) is 2.49. The Morgan fingerprint density at radius 1 is 1.58 bits per heavy atom. The van der Waals surface area contributed by atoms with Crippen molar-refractivity contribution >= 4 is 17.7 Å². The predicted molar refractivity (Wildman–Crippen MR) is 77.1 cm³/mol. The molecule has 1 amide bonds. The summed E-state index contributed by atoms with van der Waals surface area (Å²) in [5.41, 5.74) is 2.35. The number of amides is 1. The van der Waals surface area contributed by atoms with E-state index in [1.54, 1.807) is 0 Å². The van der Waals surface area contributed by atoms with Crippen molar-refractivity contribution in [1.82, 2.24) is 15.2 Å². The van der Waals surface area contributed by atoms with Gasteiger partial charge in [0.25, 0.3) is 0 Å². The smallest absolute Gasteiger partial charge is 0.224 e. The molecule has 0 saturated carbocycles. The van der Waals surface area contributed by atoms with Gasteiger partial charge in [-0.15, -0.1) is 0 Å². The molecule has 19 heavy (non-hydrogen) atoms. The van der Waals surface area contributed by atoms with Crippen molar-refractivity contribution in [2.24, 2.45) is 0 Å². The first-order chi connectivity index (χ1) is 9.33. The number of pyridine rings is 1. The largest absolute Gasteiger partial charge is 0.338 e. The van der Waals surface area contributed by atoms with Crippen molar-refractivity contribution in [3.63, 3.8) is 0 Å². The number of hydrogen-bond donors (Lipinski definition) is 1. The van der Waals surface area contributed by atoms with Crippen LogP contribution in [0.1, 0.15) is 17.7 Å². The number of nitrogens with zero attached hydrogens (tertiary/aromatic N) is 2. The van der Waals surface area contributed by atoms with Gasteiger partial charge in [-0.3, -0.25) is 9.78 Å². The molecule has 102 valence electrons. The second kappa shape index (κ2) is 5.92. The molecule has 1 aromatic heterocycles. The number of fused-ring (bicyclic) bond motifs is 1. The van der Waals surface area contributed by atoms with Gasteiger partial charge in [-0.1, -0.05) is 6.07 Å². The summed E-state index contributed by atoms with van der Waals surface area (Å²) >= 11 is 1.94. The quantitative estimate of drug-likeness (QED) is 0.878. The minimum absolute atomic E-state index is 0.273. The maximum absolute atomic E-state index is 12.3. The maximum Gasteiger partial charge on any atom is 0.224 e. The lowest BCUT2D eigenvalue weighted by Gasteiger charge is -2.30. The molecular weight excluding hydrogens is 258 g/mol. The highest BCUT2D eigenvalue weighted by atomic mass is 32.2. The monoisotopic (exact) mass is 277 g/mol. The maximum atomic E-state index is 12.3. The van der Waals surface area contributed by atoms with Gasteiger partial charge in [0.15, 0.2) is 0 Å². The van der Waals surface area contributed by atoms with Crippen molar-refractivity contribution in [2.45, 2.75) is 25.4 Å². The zero-order chi connectivity index (χ0) is 13.1. The standard InChI is InChI=1S/C14H19N3OS/c18-14(8-12-10-19-7-5-15-12)17-6-3-13-11(9-17)2-1-4-16-13/h1-2,4,12,15H,3,5-10H2. The number of rotatable bonds is 2. The Morgan fingerprint density at radius 3 is 3.37 bits per heavy atom. The predicted octanol–water partition coefficient (Wildman–Crippen LogP) is 1.06. The SMILES string of the molecule is O=C(CC1CSCCN1)N1CCc2ncccc2C1. The van der Waals surface area contributed by atoms with Gasteiger partial charge in [0, 0.05) is 61.9 Å². The van der Waals surface area contributed by atoms with Crippen LogP contribution in [0, 0.1) is 0 Å². The first kappa shape index (κ1) is 12.9. The topological polar surface area (TPSA) is 45.2 Å². The zero-order valence-electron chi connectivity index (χ0n) is 11.0. The van der Waals surface area contributed by atoms with Gasteiger partial charge >= 0.3 is 0 Å². The summed E-state index contributed by atoms with van der Waals surface area (Å²) in [5, 5.41) is 3.43. The summed E-state index contributed by atoms with van der Waals surface area (Å²) in [6.07, 6.45) is 3.34. The van der Waals surface area contributed by atoms with Crippen LogP contribution in [0.3, 0.4) is 0 Å². The van der Waals surface area contributed by atoms with Gasteiger partial charge < -0.3 is 10.2 Å². The van der Waals surface area contributed by atoms with Gasteiger partial charge in [0.1, 0.15) is 0 Å². The van der Waals surface area contributed by atoms with E-state index in [9.17, 15) is 4.79 Å². The van der Waals surface area contributed by atoms with Gasteiger partial charge in [-0.25, -0.2) is 0 Å². The van der Waals surface area contributed by atoms with E-state index in [2.05, 4.69) is 16.4 Å². The molecule has 5 heteroatoms. The average Bonchev–Trinajstić information content (AvgIpc) is 2.48. The van der Waals surface area contributed by atoms with Crippen LogP contribution in [0.25, 0.3) is 0 Å². The molecule has 0 radical (unpaired) electrons. The van der Waals surface area contributed by atoms with E-state index >= 15 is 0 Å². The molecule has 4 nitrogen and oxygen atoms in total. The summed E-state index contributed by atoms with van der Waals surface area (Å²) in [6, 6.07) is 4.38. The molecule has 2 aliphatic heterocycles. The normalized spacial score (nSPS) is 22.9. The van der Waals surface area contributed by atoms with Crippen LogP contribution in [0.5, 0.6) is 0 Å². The third-order valence-corrected chi connectivity index (χ3v) is 4.87. The number of carbonyl (C=O) groups excluding carboxylic acids is 1. The van der Waals surface area contributed by atoms with Crippen molar-refractivity contribution in [2.75, 3.05) is 24.6 Å². The van der Waals surface area contributed by atoms with E-state index in [0.29, 0.717) is 12.5 Å². The average molecular weight is 277 g/mol. The molecule has 1 N–H and O–H groups in total. The van der Waals surface area contributed by atoms with Gasteiger partial charge in [0.05, 0.1) is 0 Å². The van der Waals surface area contributed by atoms with Crippen LogP contribution >= 0.6 is 11.8 Å². The van der Waals surface area contributed by atoms with E-state index < -0.39 is 0 Å². The highest BCUT2D eigenvalue weighted by molar-refractivity contribution is 7.99. The number of hydrogen-bond acceptors (Lipinski definition) is 4. The molecule has 3 rings (SSSR count). The molecule has 0 spiro atoms. The fraction of sp³-hybridized carbons (Fsp3) is 0.571. The molecular formula is C14H19N3OS. The molecule has 3 heterocycles. The van der Waals surface area contributed by atoms with E-state index in [0.717, 1.165) is 43.3 Å². The first-order valence-corrected chi connectivity index (χ1v) is 8.00. The first-order valence-electron chi connectivity index (χ1n) is 6.84. The highest BCUT2D eigenvalue weighted by Gasteiger charge is 2.24. The number of thioether (sulfide) groups is 1. The summed E-state index contributed by atoms with van der Waals surface area (Å²) in [4.78, 5) is 18.7. The molecule has 1 atom stereocenters. The lowest BCUT2D eigenvalue weighted by molar-refractivity contribution is -0.132. The summed E-state index contributed by atoms with van der Waals surface area (Å²) < 4.78 is 0. The Bertz CT molecular complexity index is 460. The second-order valence-corrected chi connectivity index (χ2v) is 6.25. The van der Waals surface area contributed by atoms with Gasteiger partial charge in [-0.05, 0) is 11.6 Å². The third kappa shape index (κ3) is 3.09. The lowest BCUT2D eigenvalue weighted by Crippen LogP contribution is -2.44. The fourth-order valence-electron chi connectivity index (χ4n) is 2.67. The van der Waals surface area contributed by atoms with Crippen molar-refractivity contribution in [1.29, 1.82) is 0 Å². The number of nitrogens with one attached hydrogen (secondary N) is 1. The Kier molecular flexibility index (Phi) is 4.03. The van der Waals surface area contributed by atoms with Crippen LogP contribution in [0.15, 0.2) is 18.3 Å². The van der Waals surface area contributed by atoms with Crippen molar-refractivity contribution in [3.8, 4) is 0 Å². The zero-order valence-corrected chi connectivity index (χ0v) is 11.8. The Balaban J connectivity index is 1.59. The second-order valence-electron chi connectivity index (χ2n) is 5.10. The van der Waals surface area contributed by atoms with Crippen LogP contribution in [-0.2, 0) is 17.8 Å². The van der Waals surface area contributed by atoms with Crippen LogP contribution in [0.2, 0.25) is 0 Å². The minimum Gasteiger partial charge on any atom is -0.338 e. The molecule has 0 aliphatic carbocycles. The molecule has 0 aromatic carbocycles. The molecule has 1 aromatic rings. The molecule has 1 saturated heterocycles. The number of aromatic nitrogens is 1. The van der Waals surface area contributed by atoms with E-state index in [1.165, 1.54) is 5.56 Å². The molecule has 2 aliphatic rings. The van der Waals surface area contributed by atoms with E-state index in [-0.39, 0.29) is 5.91 Å². The fourth-order valence-corrected chi connectivity index (χ4v) is 3.62. The molecule has 1 fully saturated rings. The minimum atomic E-state index is 0.273. The molecule has 1 unspecified atom stereocenters.